The maximum absolute atomic E-state index is 8.52. The van der Waals surface area contributed by atoms with Crippen LogP contribution in [-0.4, -0.2) is 53.4 Å². The van der Waals surface area contributed by atoms with Crippen molar-refractivity contribution in [2.75, 3.05) is 26.4 Å². The minimum atomic E-state index is -5.17. The molecule has 15 heavy (non-hydrogen) atoms. The molecule has 0 aliphatic carbocycles. The van der Waals surface area contributed by atoms with Gasteiger partial charge in [0.15, 0.2) is 0 Å². The topological polar surface area (TPSA) is 106 Å². The van der Waals surface area contributed by atoms with Crippen LogP contribution in [0.3, 0.4) is 0 Å². The Labute approximate surface area is 92.2 Å². The molecule has 0 saturated heterocycles. The van der Waals surface area contributed by atoms with E-state index in [1.54, 1.807) is 0 Å². The van der Waals surface area contributed by atoms with E-state index in [1.807, 2.05) is 27.7 Å². The quantitative estimate of drug-likeness (QED) is 0.388. The normalized spacial score (nSPS) is 9.47. The fourth-order valence-electron chi connectivity index (χ4n) is 0.447. The van der Waals surface area contributed by atoms with Crippen molar-refractivity contribution in [3.8, 4) is 0 Å². The minimum Gasteiger partial charge on any atom is -0.759 e. The van der Waals surface area contributed by atoms with Gasteiger partial charge in [-0.05, 0) is 0 Å². The first-order chi connectivity index (χ1) is 6.83. The van der Waals surface area contributed by atoms with Crippen LogP contribution in [-0.2, 0) is 10.4 Å². The standard InChI is InChI=1S/2C4H10O.H2O4S/c2*1-3-5-4-2;1-5(2,3)4/h2*3-4H2,1-2H3;(H2,1,2,3,4). The second-order valence-electron chi connectivity index (χ2n) is 2.12. The van der Waals surface area contributed by atoms with Gasteiger partial charge in [0.25, 0.3) is 0 Å². The Morgan fingerprint density at radius 2 is 0.933 bits per heavy atom. The highest BCUT2D eigenvalue weighted by atomic mass is 32.3. The minimum absolute atomic E-state index is 0.969. The molecule has 0 fully saturated rings. The number of aliphatic hydroxyl groups is 4. The van der Waals surface area contributed by atoms with Crippen LogP contribution in [0, 0.1) is 0 Å². The van der Waals surface area contributed by atoms with Crippen molar-refractivity contribution in [2.45, 2.75) is 27.7 Å². The third-order valence-corrected chi connectivity index (χ3v) is 0.894. The molecule has 6 nitrogen and oxygen atoms in total. The van der Waals surface area contributed by atoms with Crippen LogP contribution in [0.5, 0.6) is 0 Å². The van der Waals surface area contributed by atoms with Crippen LogP contribution in [0.25, 0.3) is 0 Å². The first-order valence-electron chi connectivity index (χ1n) is 4.76. The van der Waals surface area contributed by atoms with Crippen molar-refractivity contribution in [2.24, 2.45) is 0 Å². The summed E-state index contributed by atoms with van der Waals surface area (Å²) in [4.78, 5) is 0. The lowest BCUT2D eigenvalue weighted by molar-refractivity contribution is -0.0180. The van der Waals surface area contributed by atoms with Gasteiger partial charge in [-0.2, -0.15) is 0 Å². The van der Waals surface area contributed by atoms with Gasteiger partial charge in [-0.3, -0.25) is 8.42 Å². The molecule has 0 saturated carbocycles. The van der Waals surface area contributed by atoms with Gasteiger partial charge in [0.05, 0.1) is 0 Å². The third kappa shape index (κ3) is 133. The zero-order valence-electron chi connectivity index (χ0n) is 9.76. The van der Waals surface area contributed by atoms with Crippen LogP contribution in [0.4, 0.5) is 0 Å². The summed E-state index contributed by atoms with van der Waals surface area (Å²) in [6.07, 6.45) is 0. The molecule has 0 amide bonds. The van der Waals surface area contributed by atoms with Gasteiger partial charge in [0, 0.05) is 38.1 Å². The van der Waals surface area contributed by atoms with Crippen molar-refractivity contribution in [1.82, 2.24) is 0 Å². The summed E-state index contributed by atoms with van der Waals surface area (Å²) >= 11 is 0. The predicted octanol–water partition coefficient (Wildman–Crippen LogP) is -0.230. The molecule has 0 rings (SSSR count). The molecule has 0 atom stereocenters. The van der Waals surface area contributed by atoms with Crippen molar-refractivity contribution in [3.63, 3.8) is 0 Å². The Kier molecular flexibility index (Phi) is 21.9. The van der Waals surface area contributed by atoms with Gasteiger partial charge in [0.1, 0.15) is 26.4 Å². The summed E-state index contributed by atoms with van der Waals surface area (Å²) in [7, 11) is -5.17. The fraction of sp³-hybridized carbons (Fsp3) is 1.00. The monoisotopic (exact) mass is 246 g/mol. The number of ether oxygens (including phenoxy) is 2. The van der Waals surface area contributed by atoms with Gasteiger partial charge in [0.2, 0.25) is 0 Å². The van der Waals surface area contributed by atoms with Gasteiger partial charge in [-0.15, -0.1) is 0 Å². The largest absolute Gasteiger partial charge is 0.759 e. The molecular weight excluding hydrogens is 224 g/mol. The van der Waals surface area contributed by atoms with E-state index < -0.39 is 10.4 Å². The van der Waals surface area contributed by atoms with E-state index in [2.05, 4.69) is 9.47 Å². The summed E-state index contributed by atoms with van der Waals surface area (Å²) in [6.45, 7) is 12.1. The van der Waals surface area contributed by atoms with Crippen LogP contribution < -0.4 is 0 Å². The van der Waals surface area contributed by atoms with Gasteiger partial charge < -0.3 is 18.6 Å². The van der Waals surface area contributed by atoms with E-state index in [-0.39, 0.29) is 0 Å². The molecule has 0 radical (unpaired) electrons. The Bertz CT molecular complexity index is 160. The molecule has 7 heteroatoms. The number of rotatable bonds is 4. The second kappa shape index (κ2) is 16.2. The van der Waals surface area contributed by atoms with Crippen molar-refractivity contribution < 1.29 is 27.0 Å². The zero-order chi connectivity index (χ0) is 12.7. The van der Waals surface area contributed by atoms with Crippen LogP contribution in [0.1, 0.15) is 27.7 Å². The highest BCUT2D eigenvalue weighted by molar-refractivity contribution is 7.79. The Hall–Kier alpha value is -0.210. The molecular formula is C8H22O6S. The highest BCUT2D eigenvalue weighted by Gasteiger charge is 1.69. The molecule has 96 valence electrons. The van der Waals surface area contributed by atoms with Crippen LogP contribution in [0.2, 0.25) is 0 Å². The van der Waals surface area contributed by atoms with Gasteiger partial charge in [-0.1, -0.05) is 0 Å². The van der Waals surface area contributed by atoms with Gasteiger partial charge in [-0.25, -0.2) is 0 Å². The maximum Gasteiger partial charge on any atom is 0.141 e. The molecule has 0 heterocycles. The molecule has 0 aromatic rings. The highest BCUT2D eigenvalue weighted by Crippen LogP contribution is 1.58. The molecule has 0 spiro atoms. The number of hydrogen-bond donors (Lipinski definition) is 0. The first kappa shape index (κ1) is 20.2. The van der Waals surface area contributed by atoms with E-state index in [9.17, 15) is 0 Å². The molecule has 0 aliphatic heterocycles. The average Bonchev–Trinajstić information content (AvgIpc) is 2.05. The Morgan fingerprint density at radius 1 is 0.800 bits per heavy atom. The van der Waals surface area contributed by atoms with E-state index in [0.29, 0.717) is 0 Å². The summed E-state index contributed by atoms with van der Waals surface area (Å²) in [6, 6.07) is 0. The SMILES string of the molecule is CC[OH+]CC.CC[OH+]CC.O=S(=O)([O-])[O-]. The van der Waals surface area contributed by atoms with Crippen molar-refractivity contribution in [1.29, 1.82) is 0 Å². The first-order valence-corrected chi connectivity index (χ1v) is 6.09. The van der Waals surface area contributed by atoms with Gasteiger partial charge >= 0.3 is 0 Å². The third-order valence-electron chi connectivity index (χ3n) is 0.894. The predicted molar refractivity (Wildman–Crippen MR) is 57.1 cm³/mol. The second-order valence-corrected chi connectivity index (χ2v) is 2.94. The molecule has 0 bridgehead atoms. The molecule has 0 unspecified atom stereocenters. The molecule has 0 aromatic carbocycles. The van der Waals surface area contributed by atoms with E-state index >= 15 is 0 Å². The lowest BCUT2D eigenvalue weighted by Gasteiger charge is -2.06. The summed E-state index contributed by atoms with van der Waals surface area (Å²) in [5.41, 5.74) is 0. The Morgan fingerprint density at radius 3 is 0.933 bits per heavy atom. The van der Waals surface area contributed by atoms with Crippen molar-refractivity contribution in [3.05, 3.63) is 0 Å². The summed E-state index contributed by atoms with van der Waals surface area (Å²) < 4.78 is 42.0. The summed E-state index contributed by atoms with van der Waals surface area (Å²) in [5.74, 6) is 0. The average molecular weight is 246 g/mol. The smallest absolute Gasteiger partial charge is 0.141 e. The van der Waals surface area contributed by atoms with Crippen LogP contribution >= 0.6 is 0 Å². The molecule has 2 N–H and O–H groups in total. The molecule has 0 aromatic heterocycles. The van der Waals surface area contributed by atoms with E-state index in [1.165, 1.54) is 0 Å². The number of hydrogen-bond acceptors (Lipinski definition) is 4. The molecule has 0 aliphatic rings. The van der Waals surface area contributed by atoms with E-state index in [0.717, 1.165) is 26.4 Å². The summed E-state index contributed by atoms with van der Waals surface area (Å²) in [5, 5.41) is 0. The lowest BCUT2D eigenvalue weighted by atomic mass is 10.8. The Balaban J connectivity index is -0.000000144. The fourth-order valence-corrected chi connectivity index (χ4v) is 0.447. The lowest BCUT2D eigenvalue weighted by Crippen LogP contribution is -1.92. The van der Waals surface area contributed by atoms with E-state index in [4.69, 9.17) is 17.5 Å². The maximum atomic E-state index is 8.52. The zero-order valence-corrected chi connectivity index (χ0v) is 10.6. The van der Waals surface area contributed by atoms with Crippen LogP contribution in [0.15, 0.2) is 0 Å². The van der Waals surface area contributed by atoms with Crippen molar-refractivity contribution >= 4 is 10.4 Å².